The number of hydrogen-bond acceptors (Lipinski definition) is 5. The molecule has 2 heterocycles. The van der Waals surface area contributed by atoms with E-state index < -0.39 is 5.63 Å². The third-order valence-electron chi connectivity index (χ3n) is 3.86. The number of aryl methyl sites for hydroxylation is 2. The molecule has 7 heteroatoms. The van der Waals surface area contributed by atoms with Crippen molar-refractivity contribution in [2.75, 3.05) is 0 Å². The zero-order chi connectivity index (χ0) is 17.4. The molecule has 0 spiro atoms. The zero-order valence-corrected chi connectivity index (χ0v) is 13.7. The second-order valence-electron chi connectivity index (χ2n) is 5.78. The average Bonchev–Trinajstić information content (AvgIpc) is 3.23. The summed E-state index contributed by atoms with van der Waals surface area (Å²) in [6.07, 6.45) is 0. The summed E-state index contributed by atoms with van der Waals surface area (Å²) < 4.78 is 12.1. The number of rotatable bonds is 3. The van der Waals surface area contributed by atoms with E-state index in [2.05, 4.69) is 15.5 Å². The molecule has 0 fully saturated rings. The Bertz CT molecular complexity index is 1070. The van der Waals surface area contributed by atoms with Crippen LogP contribution in [0.4, 0.5) is 0 Å². The second kappa shape index (κ2) is 5.86. The second-order valence-corrected chi connectivity index (χ2v) is 5.78. The number of benzene rings is 2. The molecule has 7 nitrogen and oxygen atoms in total. The lowest BCUT2D eigenvalue weighted by atomic mass is 10.1. The maximum atomic E-state index is 12.1. The summed E-state index contributed by atoms with van der Waals surface area (Å²) in [6, 6.07) is 15.3. The third kappa shape index (κ3) is 2.76. The minimum atomic E-state index is -0.584. The van der Waals surface area contributed by atoms with Gasteiger partial charge in [-0.3, -0.25) is 4.52 Å². The molecule has 1 N–H and O–H groups in total. The molecule has 0 saturated carbocycles. The van der Waals surface area contributed by atoms with E-state index >= 15 is 0 Å². The molecule has 0 saturated heterocycles. The summed E-state index contributed by atoms with van der Waals surface area (Å²) in [5.74, 6) is 0.428. The van der Waals surface area contributed by atoms with Crippen molar-refractivity contribution < 1.29 is 13.6 Å². The van der Waals surface area contributed by atoms with E-state index in [1.54, 1.807) is 0 Å². The molecular weight excluding hydrogens is 320 g/mol. The number of nitrogens with one attached hydrogen (secondary N) is 1. The minimum Gasteiger partial charge on any atom is -0.411 e. The van der Waals surface area contributed by atoms with Gasteiger partial charge in [-0.15, -0.1) is 10.2 Å². The van der Waals surface area contributed by atoms with Crippen LogP contribution in [0.15, 0.2) is 62.3 Å². The van der Waals surface area contributed by atoms with Gasteiger partial charge in [0.15, 0.2) is 0 Å². The van der Waals surface area contributed by atoms with Gasteiger partial charge in [0, 0.05) is 17.7 Å². The molecule has 0 bridgehead atoms. The third-order valence-corrected chi connectivity index (χ3v) is 3.86. The number of H-pyrrole nitrogens is 1. The van der Waals surface area contributed by atoms with Gasteiger partial charge in [-0.1, -0.05) is 35.4 Å². The van der Waals surface area contributed by atoms with Crippen LogP contribution in [0.25, 0.3) is 28.7 Å². The van der Waals surface area contributed by atoms with Gasteiger partial charge < -0.3 is 4.42 Å². The van der Waals surface area contributed by atoms with Crippen molar-refractivity contribution in [3.05, 3.63) is 70.1 Å². The van der Waals surface area contributed by atoms with Gasteiger partial charge in [0.05, 0.1) is 0 Å². The molecule has 4 aromatic rings. The maximum absolute atomic E-state index is 12.1. The smallest absolute Gasteiger partial charge is 0.411 e. The van der Waals surface area contributed by atoms with Crippen LogP contribution in [0.2, 0.25) is 0 Å². The highest BCUT2D eigenvalue weighted by molar-refractivity contribution is 5.55. The lowest BCUT2D eigenvalue weighted by Crippen LogP contribution is -2.36. The lowest BCUT2D eigenvalue weighted by molar-refractivity contribution is -0.660. The Morgan fingerprint density at radius 2 is 1.48 bits per heavy atom. The van der Waals surface area contributed by atoms with Crippen LogP contribution in [0.1, 0.15) is 11.1 Å². The molecule has 124 valence electrons. The molecule has 0 atom stereocenters. The predicted octanol–water partition coefficient (Wildman–Crippen LogP) is 2.58. The van der Waals surface area contributed by atoms with E-state index in [0.717, 1.165) is 22.4 Å². The minimum absolute atomic E-state index is 0.0890. The normalized spacial score (nSPS) is 11.0. The molecule has 0 aliphatic carbocycles. The van der Waals surface area contributed by atoms with Gasteiger partial charge in [0.25, 0.3) is 0 Å². The molecule has 4 rings (SSSR count). The molecule has 0 aliphatic heterocycles. The van der Waals surface area contributed by atoms with E-state index in [9.17, 15) is 4.79 Å². The Balaban J connectivity index is 1.78. The fraction of sp³-hybridized carbons (Fsp3) is 0.111. The highest BCUT2D eigenvalue weighted by atomic mass is 16.5. The van der Waals surface area contributed by atoms with E-state index in [1.165, 1.54) is 4.68 Å². The first-order chi connectivity index (χ1) is 12.1. The first kappa shape index (κ1) is 15.1. The van der Waals surface area contributed by atoms with E-state index in [4.69, 9.17) is 8.94 Å². The predicted molar refractivity (Wildman–Crippen MR) is 89.1 cm³/mol. The molecule has 0 radical (unpaired) electrons. The van der Waals surface area contributed by atoms with Crippen LogP contribution < -0.4 is 10.3 Å². The van der Waals surface area contributed by atoms with E-state index in [-0.39, 0.29) is 11.6 Å². The summed E-state index contributed by atoms with van der Waals surface area (Å²) in [7, 11) is 0. The topological polar surface area (TPSA) is 88.8 Å². The Kier molecular flexibility index (Phi) is 3.53. The highest BCUT2D eigenvalue weighted by Crippen LogP contribution is 2.21. The van der Waals surface area contributed by atoms with Gasteiger partial charge >= 0.3 is 17.2 Å². The van der Waals surface area contributed by atoms with Crippen molar-refractivity contribution in [2.45, 2.75) is 13.8 Å². The van der Waals surface area contributed by atoms with Crippen molar-refractivity contribution in [1.82, 2.24) is 15.5 Å². The summed E-state index contributed by atoms with van der Waals surface area (Å²) >= 11 is 0. The van der Waals surface area contributed by atoms with Crippen LogP contribution in [0.3, 0.4) is 0 Å². The molecule has 2 aromatic carbocycles. The largest absolute Gasteiger partial charge is 0.441 e. The number of aromatic amines is 1. The number of nitrogens with zero attached hydrogens (tertiary/aromatic N) is 3. The Hall–Kier alpha value is -3.48. The van der Waals surface area contributed by atoms with Gasteiger partial charge in [-0.05, 0) is 35.9 Å². The van der Waals surface area contributed by atoms with Gasteiger partial charge in [-0.25, -0.2) is 4.79 Å². The SMILES string of the molecule is Cc1ccc(-c2nnc(-c3c(=O)o[nH][n+]3-c3ccc(C)cc3)o2)cc1. The maximum Gasteiger partial charge on any atom is 0.441 e. The molecule has 0 unspecified atom stereocenters. The monoisotopic (exact) mass is 335 g/mol. The van der Waals surface area contributed by atoms with Gasteiger partial charge in [0.1, 0.15) is 0 Å². The Morgan fingerprint density at radius 3 is 2.16 bits per heavy atom. The van der Waals surface area contributed by atoms with Crippen LogP contribution in [0.5, 0.6) is 0 Å². The van der Waals surface area contributed by atoms with Crippen molar-refractivity contribution >= 4 is 0 Å². The Labute approximate surface area is 142 Å². The van der Waals surface area contributed by atoms with Crippen molar-refractivity contribution in [3.8, 4) is 28.7 Å². The number of aromatic nitrogens is 4. The fourth-order valence-electron chi connectivity index (χ4n) is 2.46. The molecule has 2 aromatic heterocycles. The summed E-state index contributed by atoms with van der Waals surface area (Å²) in [5.41, 5.74) is 3.31. The Morgan fingerprint density at radius 1 is 0.880 bits per heavy atom. The van der Waals surface area contributed by atoms with Crippen LogP contribution >= 0.6 is 0 Å². The summed E-state index contributed by atoms with van der Waals surface area (Å²) in [5, 5.41) is 10.6. The van der Waals surface area contributed by atoms with Crippen LogP contribution in [-0.2, 0) is 0 Å². The van der Waals surface area contributed by atoms with E-state index in [0.29, 0.717) is 5.89 Å². The molecule has 0 aliphatic rings. The van der Waals surface area contributed by atoms with Crippen molar-refractivity contribution in [1.29, 1.82) is 0 Å². The molecule has 25 heavy (non-hydrogen) atoms. The first-order valence-corrected chi connectivity index (χ1v) is 7.73. The first-order valence-electron chi connectivity index (χ1n) is 7.73. The highest BCUT2D eigenvalue weighted by Gasteiger charge is 2.30. The number of hydrogen-bond donors (Lipinski definition) is 1. The van der Waals surface area contributed by atoms with Crippen LogP contribution in [0, 0.1) is 13.8 Å². The fourth-order valence-corrected chi connectivity index (χ4v) is 2.46. The summed E-state index contributed by atoms with van der Waals surface area (Å²) in [4.78, 5) is 12.1. The van der Waals surface area contributed by atoms with Crippen LogP contribution in [-0.4, -0.2) is 15.5 Å². The zero-order valence-electron chi connectivity index (χ0n) is 13.7. The molecular formula is C18H15N4O3+. The molecule has 0 amide bonds. The van der Waals surface area contributed by atoms with Crippen molar-refractivity contribution in [3.63, 3.8) is 0 Å². The van der Waals surface area contributed by atoms with E-state index in [1.807, 2.05) is 62.4 Å². The quantitative estimate of drug-likeness (QED) is 0.581. The average molecular weight is 335 g/mol. The summed E-state index contributed by atoms with van der Waals surface area (Å²) in [6.45, 7) is 3.98. The lowest BCUT2D eigenvalue weighted by Gasteiger charge is -1.95. The standard InChI is InChI=1S/C18H14N4O3/c1-11-3-7-13(8-4-11)16-19-20-17(24-16)15-18(23)25-21-22(15)14-9-5-12(2)6-10-14/h3-10H,1-2H3/p+1. The van der Waals surface area contributed by atoms with Crippen molar-refractivity contribution in [2.24, 2.45) is 0 Å². The van der Waals surface area contributed by atoms with Gasteiger partial charge in [-0.2, -0.15) is 0 Å². The van der Waals surface area contributed by atoms with Gasteiger partial charge in [0.2, 0.25) is 11.6 Å².